The second-order valence-corrected chi connectivity index (χ2v) is 7.66. The Balaban J connectivity index is 1.42. The van der Waals surface area contributed by atoms with Gasteiger partial charge in [-0.2, -0.15) is 0 Å². The molecule has 7 nitrogen and oxygen atoms in total. The summed E-state index contributed by atoms with van der Waals surface area (Å²) >= 11 is 0. The Hall–Kier alpha value is -2.18. The third-order valence-electron chi connectivity index (χ3n) is 5.22. The quantitative estimate of drug-likeness (QED) is 0.762. The summed E-state index contributed by atoms with van der Waals surface area (Å²) in [6, 6.07) is 1.79. The van der Waals surface area contributed by atoms with Crippen LogP contribution < -0.4 is 4.90 Å². The van der Waals surface area contributed by atoms with E-state index in [4.69, 9.17) is 4.74 Å². The number of hydrogen-bond donors (Lipinski definition) is 0. The molecule has 2 saturated heterocycles. The number of piperidine rings is 2. The van der Waals surface area contributed by atoms with Gasteiger partial charge >= 0.3 is 5.97 Å². The molecule has 0 radical (unpaired) electrons. The molecular formula is C19H28N4O3. The molecule has 3 heterocycles. The molecule has 1 aromatic heterocycles. The zero-order chi connectivity index (χ0) is 18.5. The number of aromatic nitrogens is 2. The number of rotatable bonds is 4. The lowest BCUT2D eigenvalue weighted by Crippen LogP contribution is -2.45. The standard InChI is InChI=1S/C19H28N4O3/c1-14-10-15(2)12-23(11-14)17(24)13-26-18(25)16-4-8-22(9-5-16)19-20-6-3-7-21-19/h3,6-7,14-16H,4-5,8-13H2,1-2H3. The topological polar surface area (TPSA) is 75.6 Å². The van der Waals surface area contributed by atoms with Crippen molar-refractivity contribution in [1.82, 2.24) is 14.9 Å². The molecule has 0 spiro atoms. The monoisotopic (exact) mass is 360 g/mol. The zero-order valence-corrected chi connectivity index (χ0v) is 15.6. The number of anilines is 1. The van der Waals surface area contributed by atoms with Crippen molar-refractivity contribution in [2.24, 2.45) is 17.8 Å². The lowest BCUT2D eigenvalue weighted by molar-refractivity contribution is -0.157. The lowest BCUT2D eigenvalue weighted by atomic mass is 9.92. The maximum Gasteiger partial charge on any atom is 0.309 e. The third kappa shape index (κ3) is 4.71. The molecule has 7 heteroatoms. The highest BCUT2D eigenvalue weighted by Crippen LogP contribution is 2.23. The van der Waals surface area contributed by atoms with E-state index >= 15 is 0 Å². The first-order valence-corrected chi connectivity index (χ1v) is 9.49. The van der Waals surface area contributed by atoms with Crippen LogP contribution in [0.3, 0.4) is 0 Å². The van der Waals surface area contributed by atoms with Gasteiger partial charge in [-0.15, -0.1) is 0 Å². The highest BCUT2D eigenvalue weighted by atomic mass is 16.5. The number of ether oxygens (including phenoxy) is 1. The predicted octanol–water partition coefficient (Wildman–Crippen LogP) is 1.74. The van der Waals surface area contributed by atoms with Crippen LogP contribution in [-0.4, -0.2) is 59.5 Å². The Labute approximate surface area is 154 Å². The van der Waals surface area contributed by atoms with Crippen molar-refractivity contribution in [2.75, 3.05) is 37.7 Å². The molecule has 2 aliphatic heterocycles. The number of likely N-dealkylation sites (tertiary alicyclic amines) is 1. The van der Waals surface area contributed by atoms with E-state index in [-0.39, 0.29) is 24.4 Å². The average Bonchev–Trinajstić information content (AvgIpc) is 2.66. The van der Waals surface area contributed by atoms with Crippen molar-refractivity contribution in [3.8, 4) is 0 Å². The number of carbonyl (C=O) groups is 2. The molecule has 0 aliphatic carbocycles. The van der Waals surface area contributed by atoms with Gasteiger partial charge in [0, 0.05) is 38.6 Å². The Bertz CT molecular complexity index is 606. The van der Waals surface area contributed by atoms with Crippen molar-refractivity contribution in [3.63, 3.8) is 0 Å². The van der Waals surface area contributed by atoms with E-state index in [0.717, 1.165) is 32.6 Å². The minimum absolute atomic E-state index is 0.0770. The van der Waals surface area contributed by atoms with Crippen LogP contribution in [0.1, 0.15) is 33.1 Å². The van der Waals surface area contributed by atoms with Gasteiger partial charge in [0.05, 0.1) is 5.92 Å². The normalized spacial score (nSPS) is 24.4. The van der Waals surface area contributed by atoms with Crippen LogP contribution in [0.2, 0.25) is 0 Å². The van der Waals surface area contributed by atoms with Gasteiger partial charge in [0.15, 0.2) is 6.61 Å². The molecule has 0 N–H and O–H groups in total. The van der Waals surface area contributed by atoms with E-state index in [9.17, 15) is 9.59 Å². The molecule has 2 atom stereocenters. The van der Waals surface area contributed by atoms with E-state index in [0.29, 0.717) is 30.6 Å². The fourth-order valence-electron chi connectivity index (χ4n) is 3.98. The second-order valence-electron chi connectivity index (χ2n) is 7.66. The number of esters is 1. The van der Waals surface area contributed by atoms with Crippen molar-refractivity contribution in [2.45, 2.75) is 33.1 Å². The highest BCUT2D eigenvalue weighted by Gasteiger charge is 2.29. The number of nitrogens with zero attached hydrogens (tertiary/aromatic N) is 4. The molecule has 0 bridgehead atoms. The summed E-state index contributed by atoms with van der Waals surface area (Å²) in [6.45, 7) is 7.14. The molecule has 2 fully saturated rings. The first kappa shape index (κ1) is 18.6. The van der Waals surface area contributed by atoms with E-state index in [1.54, 1.807) is 18.5 Å². The van der Waals surface area contributed by atoms with Crippen LogP contribution in [-0.2, 0) is 14.3 Å². The zero-order valence-electron chi connectivity index (χ0n) is 15.6. The Morgan fingerprint density at radius 3 is 2.35 bits per heavy atom. The van der Waals surface area contributed by atoms with E-state index < -0.39 is 0 Å². The van der Waals surface area contributed by atoms with Crippen molar-refractivity contribution in [3.05, 3.63) is 18.5 Å². The summed E-state index contributed by atoms with van der Waals surface area (Å²) < 4.78 is 5.33. The molecule has 0 aromatic carbocycles. The van der Waals surface area contributed by atoms with Gasteiger partial charge in [0.1, 0.15) is 0 Å². The Morgan fingerprint density at radius 2 is 1.73 bits per heavy atom. The predicted molar refractivity (Wildman–Crippen MR) is 97.5 cm³/mol. The number of carbonyl (C=O) groups excluding carboxylic acids is 2. The van der Waals surface area contributed by atoms with Crippen molar-refractivity contribution in [1.29, 1.82) is 0 Å². The fraction of sp³-hybridized carbons (Fsp3) is 0.684. The van der Waals surface area contributed by atoms with E-state index in [1.165, 1.54) is 0 Å². The van der Waals surface area contributed by atoms with Gasteiger partial charge in [-0.05, 0) is 37.2 Å². The molecule has 142 valence electrons. The van der Waals surface area contributed by atoms with Crippen LogP contribution in [0.15, 0.2) is 18.5 Å². The third-order valence-corrected chi connectivity index (χ3v) is 5.22. The van der Waals surface area contributed by atoms with Crippen molar-refractivity contribution < 1.29 is 14.3 Å². The fourth-order valence-corrected chi connectivity index (χ4v) is 3.98. The van der Waals surface area contributed by atoms with Crippen LogP contribution >= 0.6 is 0 Å². The highest BCUT2D eigenvalue weighted by molar-refractivity contribution is 5.81. The van der Waals surface area contributed by atoms with Crippen LogP contribution in [0.4, 0.5) is 5.95 Å². The molecule has 1 amide bonds. The number of amides is 1. The average molecular weight is 360 g/mol. The van der Waals surface area contributed by atoms with Crippen LogP contribution in [0.5, 0.6) is 0 Å². The maximum absolute atomic E-state index is 12.3. The second kappa shape index (κ2) is 8.47. The molecule has 3 rings (SSSR count). The van der Waals surface area contributed by atoms with Gasteiger partial charge in [0.25, 0.3) is 5.91 Å². The molecule has 2 aliphatic rings. The van der Waals surface area contributed by atoms with Gasteiger partial charge in [0.2, 0.25) is 5.95 Å². The molecule has 26 heavy (non-hydrogen) atoms. The summed E-state index contributed by atoms with van der Waals surface area (Å²) in [5.41, 5.74) is 0. The van der Waals surface area contributed by atoms with Gasteiger partial charge < -0.3 is 14.5 Å². The number of hydrogen-bond acceptors (Lipinski definition) is 6. The molecule has 2 unspecified atom stereocenters. The largest absolute Gasteiger partial charge is 0.455 e. The van der Waals surface area contributed by atoms with Crippen LogP contribution in [0, 0.1) is 17.8 Å². The smallest absolute Gasteiger partial charge is 0.309 e. The first-order valence-electron chi connectivity index (χ1n) is 9.49. The van der Waals surface area contributed by atoms with Crippen LogP contribution in [0.25, 0.3) is 0 Å². The Kier molecular flexibility index (Phi) is 6.06. The summed E-state index contributed by atoms with van der Waals surface area (Å²) in [4.78, 5) is 37.0. The lowest BCUT2D eigenvalue weighted by Gasteiger charge is -2.35. The first-order chi connectivity index (χ1) is 12.5. The SMILES string of the molecule is CC1CC(C)CN(C(=O)COC(=O)C2CCN(c3ncccn3)CC2)C1. The molecule has 0 saturated carbocycles. The van der Waals surface area contributed by atoms with Crippen molar-refractivity contribution >= 4 is 17.8 Å². The molecular weight excluding hydrogens is 332 g/mol. The summed E-state index contributed by atoms with van der Waals surface area (Å²) in [6.07, 6.45) is 5.98. The van der Waals surface area contributed by atoms with Gasteiger partial charge in [-0.3, -0.25) is 9.59 Å². The molecule has 1 aromatic rings. The van der Waals surface area contributed by atoms with Gasteiger partial charge in [-0.1, -0.05) is 13.8 Å². The summed E-state index contributed by atoms with van der Waals surface area (Å²) in [5, 5.41) is 0. The summed E-state index contributed by atoms with van der Waals surface area (Å²) in [5.74, 6) is 1.22. The minimum atomic E-state index is -0.259. The van der Waals surface area contributed by atoms with E-state index in [1.807, 2.05) is 4.90 Å². The van der Waals surface area contributed by atoms with Gasteiger partial charge in [-0.25, -0.2) is 9.97 Å². The van der Waals surface area contributed by atoms with E-state index in [2.05, 4.69) is 28.7 Å². The minimum Gasteiger partial charge on any atom is -0.455 e. The Morgan fingerprint density at radius 1 is 1.12 bits per heavy atom. The summed E-state index contributed by atoms with van der Waals surface area (Å²) in [7, 11) is 0. The maximum atomic E-state index is 12.3.